The molecule has 1 aliphatic rings. The molecule has 19 heavy (non-hydrogen) atoms. The van der Waals surface area contributed by atoms with E-state index in [-0.39, 0.29) is 5.91 Å². The van der Waals surface area contributed by atoms with E-state index in [1.165, 1.54) is 10.5 Å². The fraction of sp³-hybridized carbons (Fsp3) is 0.533. The predicted octanol–water partition coefficient (Wildman–Crippen LogP) is 2.73. The van der Waals surface area contributed by atoms with E-state index in [9.17, 15) is 4.79 Å². The van der Waals surface area contributed by atoms with E-state index in [4.69, 9.17) is 0 Å². The summed E-state index contributed by atoms with van der Waals surface area (Å²) < 4.78 is 0. The van der Waals surface area contributed by atoms with Crippen molar-refractivity contribution in [2.45, 2.75) is 37.1 Å². The monoisotopic (exact) mass is 278 g/mol. The highest BCUT2D eigenvalue weighted by Crippen LogP contribution is 2.35. The number of hydrogen-bond acceptors (Lipinski definition) is 3. The van der Waals surface area contributed by atoms with Crippen LogP contribution in [0.1, 0.15) is 37.8 Å². The van der Waals surface area contributed by atoms with Crippen molar-refractivity contribution in [1.82, 2.24) is 10.6 Å². The molecule has 0 bridgehead atoms. The summed E-state index contributed by atoms with van der Waals surface area (Å²) in [4.78, 5) is 12.9. The number of rotatable bonds is 6. The fourth-order valence-electron chi connectivity index (χ4n) is 2.27. The van der Waals surface area contributed by atoms with Crippen molar-refractivity contribution < 1.29 is 4.79 Å². The zero-order valence-electron chi connectivity index (χ0n) is 11.4. The van der Waals surface area contributed by atoms with Crippen LogP contribution in [0.15, 0.2) is 29.2 Å². The van der Waals surface area contributed by atoms with Crippen LogP contribution in [0.4, 0.5) is 0 Å². The van der Waals surface area contributed by atoms with Gasteiger partial charge in [-0.2, -0.15) is 0 Å². The van der Waals surface area contributed by atoms with Gasteiger partial charge >= 0.3 is 0 Å². The summed E-state index contributed by atoms with van der Waals surface area (Å²) in [7, 11) is 0. The molecule has 1 unspecified atom stereocenters. The quantitative estimate of drug-likeness (QED) is 0.840. The van der Waals surface area contributed by atoms with Crippen molar-refractivity contribution in [3.63, 3.8) is 0 Å². The van der Waals surface area contributed by atoms with Gasteiger partial charge in [-0.05, 0) is 30.2 Å². The van der Waals surface area contributed by atoms with Gasteiger partial charge in [0.25, 0.3) is 0 Å². The summed E-state index contributed by atoms with van der Waals surface area (Å²) in [5.41, 5.74) is 1.38. The molecule has 0 aromatic heterocycles. The standard InChI is InChI=1S/C15H22N2OS/c1-2-9-17-15(18)7-10-16-13-8-11-19-14-6-4-3-5-12(13)14/h3-6,13,16H,2,7-11H2,1H3,(H,17,18). The molecule has 0 saturated heterocycles. The lowest BCUT2D eigenvalue weighted by Gasteiger charge is -2.25. The number of benzene rings is 1. The van der Waals surface area contributed by atoms with Crippen LogP contribution in [0.25, 0.3) is 0 Å². The first-order valence-corrected chi connectivity index (χ1v) is 8.01. The summed E-state index contributed by atoms with van der Waals surface area (Å²) in [6.07, 6.45) is 2.69. The molecule has 1 aromatic carbocycles. The summed E-state index contributed by atoms with van der Waals surface area (Å²) in [6, 6.07) is 8.95. The zero-order valence-corrected chi connectivity index (χ0v) is 12.3. The van der Waals surface area contributed by atoms with Gasteiger partial charge in [0, 0.05) is 30.4 Å². The molecular formula is C15H22N2OS. The normalized spacial score (nSPS) is 17.8. The highest BCUT2D eigenvalue weighted by molar-refractivity contribution is 7.99. The topological polar surface area (TPSA) is 41.1 Å². The number of hydrogen-bond donors (Lipinski definition) is 2. The molecule has 3 nitrogen and oxygen atoms in total. The van der Waals surface area contributed by atoms with E-state index in [2.05, 4.69) is 41.8 Å². The second kappa shape index (κ2) is 7.56. The minimum Gasteiger partial charge on any atom is -0.356 e. The molecule has 0 saturated carbocycles. The van der Waals surface area contributed by atoms with E-state index in [1.807, 2.05) is 11.8 Å². The molecule has 1 aromatic rings. The first-order chi connectivity index (χ1) is 9.31. The largest absolute Gasteiger partial charge is 0.356 e. The van der Waals surface area contributed by atoms with Gasteiger partial charge in [0.2, 0.25) is 5.91 Å². The van der Waals surface area contributed by atoms with Gasteiger partial charge in [-0.25, -0.2) is 0 Å². The van der Waals surface area contributed by atoms with Gasteiger partial charge in [-0.1, -0.05) is 25.1 Å². The SMILES string of the molecule is CCCNC(=O)CCNC1CCSc2ccccc21. The van der Waals surface area contributed by atoms with Crippen molar-refractivity contribution in [3.8, 4) is 0 Å². The fourth-order valence-corrected chi connectivity index (χ4v) is 3.39. The van der Waals surface area contributed by atoms with E-state index in [1.54, 1.807) is 0 Å². The van der Waals surface area contributed by atoms with Crippen molar-refractivity contribution in [3.05, 3.63) is 29.8 Å². The lowest BCUT2D eigenvalue weighted by atomic mass is 10.0. The highest BCUT2D eigenvalue weighted by atomic mass is 32.2. The van der Waals surface area contributed by atoms with Crippen LogP contribution in [0.2, 0.25) is 0 Å². The minimum atomic E-state index is 0.146. The number of carbonyl (C=O) groups excluding carboxylic acids is 1. The average molecular weight is 278 g/mol. The molecule has 0 aliphatic carbocycles. The minimum absolute atomic E-state index is 0.146. The van der Waals surface area contributed by atoms with Crippen LogP contribution in [0, 0.1) is 0 Å². The van der Waals surface area contributed by atoms with E-state index >= 15 is 0 Å². The number of fused-ring (bicyclic) bond motifs is 1. The molecule has 0 fully saturated rings. The molecule has 1 heterocycles. The van der Waals surface area contributed by atoms with Crippen LogP contribution in [-0.2, 0) is 4.79 Å². The lowest BCUT2D eigenvalue weighted by Crippen LogP contribution is -2.31. The second-order valence-corrected chi connectivity index (χ2v) is 5.92. The number of carbonyl (C=O) groups is 1. The molecule has 1 aliphatic heterocycles. The Morgan fingerprint density at radius 3 is 3.05 bits per heavy atom. The Bertz CT molecular complexity index is 422. The molecule has 1 amide bonds. The maximum Gasteiger partial charge on any atom is 0.221 e. The number of amides is 1. The van der Waals surface area contributed by atoms with Gasteiger partial charge < -0.3 is 10.6 Å². The van der Waals surface area contributed by atoms with Crippen molar-refractivity contribution >= 4 is 17.7 Å². The maximum atomic E-state index is 11.5. The van der Waals surface area contributed by atoms with Crippen LogP contribution < -0.4 is 10.6 Å². The molecule has 4 heteroatoms. The molecule has 0 spiro atoms. The molecule has 2 rings (SSSR count). The van der Waals surface area contributed by atoms with Crippen molar-refractivity contribution in [2.24, 2.45) is 0 Å². The third-order valence-electron chi connectivity index (χ3n) is 3.27. The maximum absolute atomic E-state index is 11.5. The summed E-state index contributed by atoms with van der Waals surface area (Å²) in [6.45, 7) is 3.59. The average Bonchev–Trinajstić information content (AvgIpc) is 2.45. The lowest BCUT2D eigenvalue weighted by molar-refractivity contribution is -0.121. The Kier molecular flexibility index (Phi) is 5.73. The molecule has 1 atom stereocenters. The van der Waals surface area contributed by atoms with Crippen LogP contribution in [-0.4, -0.2) is 24.7 Å². The second-order valence-electron chi connectivity index (χ2n) is 4.78. The van der Waals surface area contributed by atoms with Crippen molar-refractivity contribution in [2.75, 3.05) is 18.8 Å². The summed E-state index contributed by atoms with van der Waals surface area (Å²) in [5.74, 6) is 1.30. The molecule has 2 N–H and O–H groups in total. The number of nitrogens with one attached hydrogen (secondary N) is 2. The molecule has 104 valence electrons. The van der Waals surface area contributed by atoms with Crippen molar-refractivity contribution in [1.29, 1.82) is 0 Å². The van der Waals surface area contributed by atoms with E-state index < -0.39 is 0 Å². The van der Waals surface area contributed by atoms with Crippen LogP contribution >= 0.6 is 11.8 Å². The molecule has 0 radical (unpaired) electrons. The van der Waals surface area contributed by atoms with Gasteiger partial charge in [-0.3, -0.25) is 4.79 Å². The smallest absolute Gasteiger partial charge is 0.221 e. The number of thioether (sulfide) groups is 1. The van der Waals surface area contributed by atoms with Gasteiger partial charge in [0.15, 0.2) is 0 Å². The van der Waals surface area contributed by atoms with Gasteiger partial charge in [0.05, 0.1) is 0 Å². The van der Waals surface area contributed by atoms with Crippen LogP contribution in [0.5, 0.6) is 0 Å². The van der Waals surface area contributed by atoms with Gasteiger partial charge in [0.1, 0.15) is 0 Å². The Balaban J connectivity index is 1.80. The summed E-state index contributed by atoms with van der Waals surface area (Å²) >= 11 is 1.92. The third-order valence-corrected chi connectivity index (χ3v) is 4.40. The highest BCUT2D eigenvalue weighted by Gasteiger charge is 2.19. The van der Waals surface area contributed by atoms with E-state index in [0.717, 1.165) is 31.7 Å². The van der Waals surface area contributed by atoms with Gasteiger partial charge in [-0.15, -0.1) is 11.8 Å². The first kappa shape index (κ1) is 14.4. The predicted molar refractivity (Wildman–Crippen MR) is 80.4 cm³/mol. The zero-order chi connectivity index (χ0) is 13.5. The Hall–Kier alpha value is -1.00. The first-order valence-electron chi connectivity index (χ1n) is 7.03. The molecular weight excluding hydrogens is 256 g/mol. The third kappa shape index (κ3) is 4.25. The van der Waals surface area contributed by atoms with E-state index in [0.29, 0.717) is 12.5 Å². The summed E-state index contributed by atoms with van der Waals surface area (Å²) in [5, 5.41) is 6.42. The Morgan fingerprint density at radius 1 is 1.37 bits per heavy atom. The Labute approximate surface area is 119 Å². The van der Waals surface area contributed by atoms with Crippen LogP contribution in [0.3, 0.4) is 0 Å². The Morgan fingerprint density at radius 2 is 2.21 bits per heavy atom.